The summed E-state index contributed by atoms with van der Waals surface area (Å²) in [7, 11) is 1.53. The molecule has 2 aliphatic carbocycles. The molecule has 3 heterocycles. The number of thiazole rings is 1. The van der Waals surface area contributed by atoms with E-state index < -0.39 is 6.10 Å². The van der Waals surface area contributed by atoms with E-state index in [9.17, 15) is 14.7 Å². The fraction of sp³-hybridized carbons (Fsp3) is 0.438. The Balaban J connectivity index is 0.947. The highest BCUT2D eigenvalue weighted by Gasteiger charge is 2.35. The SMILES string of the molecule is COc1ccc(C(=O)NC[C@H](C)N[C@H]2C[C@@H](C(=O)Nc3nc4ccc(-c5cnc(CO[C@H]6CCC[C@@H]6O)nc5)cc4s3)C2)cn1. The molecule has 0 bridgehead atoms. The Morgan fingerprint density at radius 2 is 1.89 bits per heavy atom. The van der Waals surface area contributed by atoms with Crippen molar-refractivity contribution in [2.24, 2.45) is 5.92 Å². The number of carbonyl (C=O) groups excluding carboxylic acids is 2. The second-order valence-electron chi connectivity index (χ2n) is 11.7. The van der Waals surface area contributed by atoms with Gasteiger partial charge >= 0.3 is 0 Å². The van der Waals surface area contributed by atoms with E-state index in [0.717, 1.165) is 53.4 Å². The van der Waals surface area contributed by atoms with Crippen molar-refractivity contribution in [3.8, 4) is 17.0 Å². The maximum atomic E-state index is 12.9. The number of aromatic nitrogens is 4. The van der Waals surface area contributed by atoms with E-state index in [2.05, 4.69) is 35.9 Å². The molecule has 4 N–H and O–H groups in total. The molecule has 0 spiro atoms. The predicted molar refractivity (Wildman–Crippen MR) is 170 cm³/mol. The Kier molecular flexibility index (Phi) is 9.59. The molecule has 3 aromatic heterocycles. The summed E-state index contributed by atoms with van der Waals surface area (Å²) in [6.07, 6.45) is 8.56. The summed E-state index contributed by atoms with van der Waals surface area (Å²) < 4.78 is 11.8. The van der Waals surface area contributed by atoms with Crippen molar-refractivity contribution in [1.29, 1.82) is 0 Å². The molecule has 0 unspecified atom stereocenters. The standard InChI is InChI=1S/C32H37N7O5S/c1-18(13-36-30(41)20-7-9-29(43-2)35-14-20)37-23-10-21(11-23)31(42)39-32-38-24-8-6-19(12-27(24)45-32)22-15-33-28(34-16-22)17-44-26-5-3-4-25(26)40/h6-9,12,14-16,18,21,23,25-26,37,40H,3-5,10-11,13,17H2,1-2H3,(H,36,41)(H,38,39,42)/t18-,21-,23+,25-,26-/m0/s1. The highest BCUT2D eigenvalue weighted by atomic mass is 32.1. The van der Waals surface area contributed by atoms with Crippen molar-refractivity contribution in [3.63, 3.8) is 0 Å². The molecule has 0 saturated heterocycles. The van der Waals surface area contributed by atoms with Crippen LogP contribution in [0.25, 0.3) is 21.3 Å². The van der Waals surface area contributed by atoms with Gasteiger partial charge in [-0.15, -0.1) is 0 Å². The maximum Gasteiger partial charge on any atom is 0.252 e. The normalized spacial score (nSPS) is 21.7. The monoisotopic (exact) mass is 631 g/mol. The Morgan fingerprint density at radius 1 is 1.07 bits per heavy atom. The first-order valence-corrected chi connectivity index (χ1v) is 16.0. The average molecular weight is 632 g/mol. The number of fused-ring (bicyclic) bond motifs is 1. The summed E-state index contributed by atoms with van der Waals surface area (Å²) in [5, 5.41) is 19.9. The molecule has 6 rings (SSSR count). The largest absolute Gasteiger partial charge is 0.481 e. The summed E-state index contributed by atoms with van der Waals surface area (Å²) in [5.74, 6) is 0.727. The molecule has 2 aliphatic rings. The number of aliphatic hydroxyl groups is 1. The van der Waals surface area contributed by atoms with Gasteiger partial charge < -0.3 is 30.5 Å². The van der Waals surface area contributed by atoms with Gasteiger partial charge in [-0.25, -0.2) is 19.9 Å². The number of aliphatic hydroxyl groups excluding tert-OH is 1. The highest BCUT2D eigenvalue weighted by Crippen LogP contribution is 2.33. The van der Waals surface area contributed by atoms with E-state index in [1.807, 2.05) is 25.1 Å². The first-order chi connectivity index (χ1) is 21.8. The number of benzene rings is 1. The smallest absolute Gasteiger partial charge is 0.252 e. The van der Waals surface area contributed by atoms with Crippen LogP contribution in [0.5, 0.6) is 5.88 Å². The summed E-state index contributed by atoms with van der Waals surface area (Å²) >= 11 is 1.44. The maximum absolute atomic E-state index is 12.9. The highest BCUT2D eigenvalue weighted by molar-refractivity contribution is 7.22. The summed E-state index contributed by atoms with van der Waals surface area (Å²) in [4.78, 5) is 42.8. The molecular weight excluding hydrogens is 594 g/mol. The second kappa shape index (κ2) is 13.9. The zero-order valence-corrected chi connectivity index (χ0v) is 26.0. The molecule has 12 nitrogen and oxygen atoms in total. The van der Waals surface area contributed by atoms with E-state index in [-0.39, 0.29) is 42.5 Å². The van der Waals surface area contributed by atoms with Gasteiger partial charge in [-0.1, -0.05) is 17.4 Å². The van der Waals surface area contributed by atoms with Crippen LogP contribution < -0.4 is 20.7 Å². The van der Waals surface area contributed by atoms with Crippen LogP contribution in [0.4, 0.5) is 5.13 Å². The van der Waals surface area contributed by atoms with Crippen LogP contribution in [0.3, 0.4) is 0 Å². The molecule has 4 aromatic rings. The van der Waals surface area contributed by atoms with E-state index >= 15 is 0 Å². The molecular formula is C32H37N7O5S. The van der Waals surface area contributed by atoms with Gasteiger partial charge in [0, 0.05) is 54.8 Å². The lowest BCUT2D eigenvalue weighted by molar-refractivity contribution is -0.123. The van der Waals surface area contributed by atoms with Crippen LogP contribution >= 0.6 is 11.3 Å². The third-order valence-electron chi connectivity index (χ3n) is 8.31. The Bertz CT molecular complexity index is 1630. The predicted octanol–water partition coefficient (Wildman–Crippen LogP) is 3.71. The first kappa shape index (κ1) is 31.0. The third kappa shape index (κ3) is 7.61. The number of carbonyl (C=O) groups is 2. The Morgan fingerprint density at radius 3 is 2.60 bits per heavy atom. The van der Waals surface area contributed by atoms with E-state index in [4.69, 9.17) is 9.47 Å². The number of anilines is 1. The summed E-state index contributed by atoms with van der Waals surface area (Å²) in [5.41, 5.74) is 3.12. The van der Waals surface area contributed by atoms with Crippen LogP contribution in [0.2, 0.25) is 0 Å². The quantitative estimate of drug-likeness (QED) is 0.181. The van der Waals surface area contributed by atoms with Gasteiger partial charge in [0.1, 0.15) is 6.61 Å². The lowest BCUT2D eigenvalue weighted by atomic mass is 9.79. The van der Waals surface area contributed by atoms with E-state index in [1.165, 1.54) is 24.6 Å². The van der Waals surface area contributed by atoms with Crippen molar-refractivity contribution in [2.75, 3.05) is 19.0 Å². The molecule has 45 heavy (non-hydrogen) atoms. The van der Waals surface area contributed by atoms with Gasteiger partial charge in [-0.3, -0.25) is 9.59 Å². The number of ether oxygens (including phenoxy) is 2. The van der Waals surface area contributed by atoms with Crippen molar-refractivity contribution >= 4 is 38.5 Å². The zero-order valence-electron chi connectivity index (χ0n) is 25.2. The minimum absolute atomic E-state index is 0.0309. The zero-order chi connectivity index (χ0) is 31.3. The van der Waals surface area contributed by atoms with Crippen LogP contribution in [-0.2, 0) is 16.1 Å². The number of nitrogens with one attached hydrogen (secondary N) is 3. The van der Waals surface area contributed by atoms with Crippen molar-refractivity contribution in [3.05, 3.63) is 60.3 Å². The van der Waals surface area contributed by atoms with Gasteiger partial charge in [0.05, 0.1) is 35.1 Å². The van der Waals surface area contributed by atoms with Crippen molar-refractivity contribution in [1.82, 2.24) is 30.6 Å². The van der Waals surface area contributed by atoms with E-state index in [1.54, 1.807) is 24.5 Å². The Hall–Kier alpha value is -4.04. The average Bonchev–Trinajstić information content (AvgIpc) is 3.64. The van der Waals surface area contributed by atoms with Gasteiger partial charge in [0.25, 0.3) is 5.91 Å². The Labute approximate surface area is 265 Å². The van der Waals surface area contributed by atoms with Gasteiger partial charge in [0.15, 0.2) is 11.0 Å². The number of hydrogen-bond acceptors (Lipinski definition) is 11. The van der Waals surface area contributed by atoms with Crippen molar-refractivity contribution < 1.29 is 24.2 Å². The van der Waals surface area contributed by atoms with Gasteiger partial charge in [-0.05, 0) is 62.8 Å². The van der Waals surface area contributed by atoms with Crippen LogP contribution in [0.1, 0.15) is 55.2 Å². The lowest BCUT2D eigenvalue weighted by Gasteiger charge is -2.36. The fourth-order valence-electron chi connectivity index (χ4n) is 5.64. The van der Waals surface area contributed by atoms with Gasteiger partial charge in [-0.2, -0.15) is 0 Å². The molecule has 0 radical (unpaired) electrons. The molecule has 3 atom stereocenters. The summed E-state index contributed by atoms with van der Waals surface area (Å²) in [6.45, 7) is 2.74. The van der Waals surface area contributed by atoms with Gasteiger partial charge in [0.2, 0.25) is 11.8 Å². The number of rotatable bonds is 12. The second-order valence-corrected chi connectivity index (χ2v) is 12.7. The van der Waals surface area contributed by atoms with Crippen molar-refractivity contribution in [2.45, 2.75) is 69.9 Å². The molecule has 236 valence electrons. The number of methoxy groups -OCH3 is 1. The van der Waals surface area contributed by atoms with E-state index in [0.29, 0.717) is 28.9 Å². The number of nitrogens with zero attached hydrogens (tertiary/aromatic N) is 4. The molecule has 13 heteroatoms. The minimum Gasteiger partial charge on any atom is -0.481 e. The molecule has 2 fully saturated rings. The fourth-order valence-corrected chi connectivity index (χ4v) is 6.55. The molecule has 1 aromatic carbocycles. The number of pyridine rings is 1. The molecule has 2 amide bonds. The topological polar surface area (TPSA) is 160 Å². The minimum atomic E-state index is -0.404. The van der Waals surface area contributed by atoms with Crippen LogP contribution in [0, 0.1) is 5.92 Å². The van der Waals surface area contributed by atoms with Crippen LogP contribution in [-0.4, -0.2) is 74.8 Å². The summed E-state index contributed by atoms with van der Waals surface area (Å²) in [6, 6.07) is 9.52. The number of hydrogen-bond donors (Lipinski definition) is 4. The third-order valence-corrected chi connectivity index (χ3v) is 9.24. The van der Waals surface area contributed by atoms with Crippen LogP contribution in [0.15, 0.2) is 48.9 Å². The molecule has 0 aliphatic heterocycles. The molecule has 2 saturated carbocycles. The number of amides is 2. The lowest BCUT2D eigenvalue weighted by Crippen LogP contribution is -2.51. The first-order valence-electron chi connectivity index (χ1n) is 15.2.